The molecule has 1 heterocycles. The van der Waals surface area contributed by atoms with E-state index < -0.39 is 15.3 Å². The molecule has 7 heteroatoms. The molecule has 1 aromatic carbocycles. The Morgan fingerprint density at radius 2 is 1.93 bits per heavy atom. The fourth-order valence-electron chi connectivity index (χ4n) is 3.28. The van der Waals surface area contributed by atoms with Crippen LogP contribution in [-0.4, -0.2) is 56.6 Å². The van der Waals surface area contributed by atoms with Crippen molar-refractivity contribution in [1.29, 1.82) is 0 Å². The van der Waals surface area contributed by atoms with Crippen molar-refractivity contribution in [3.63, 3.8) is 0 Å². The van der Waals surface area contributed by atoms with Crippen molar-refractivity contribution in [2.45, 2.75) is 50.8 Å². The van der Waals surface area contributed by atoms with Gasteiger partial charge in [0, 0.05) is 30.6 Å². The molecule has 1 saturated carbocycles. The van der Waals surface area contributed by atoms with Crippen LogP contribution < -0.4 is 9.46 Å². The van der Waals surface area contributed by atoms with E-state index in [1.165, 1.54) is 0 Å². The van der Waals surface area contributed by atoms with Gasteiger partial charge in [0.1, 0.15) is 5.75 Å². The molecule has 1 N–H and O–H groups in total. The quantitative estimate of drug-likeness (QED) is 0.487. The van der Waals surface area contributed by atoms with Crippen molar-refractivity contribution < 1.29 is 17.9 Å². The van der Waals surface area contributed by atoms with Gasteiger partial charge in [0.05, 0.1) is 11.9 Å². The summed E-state index contributed by atoms with van der Waals surface area (Å²) in [6, 6.07) is 7.43. The highest BCUT2D eigenvalue weighted by molar-refractivity contribution is 7.90. The Morgan fingerprint density at radius 3 is 2.56 bits per heavy atom. The van der Waals surface area contributed by atoms with Gasteiger partial charge >= 0.3 is 0 Å². The maximum atomic E-state index is 12.0. The highest BCUT2D eigenvalue weighted by Crippen LogP contribution is 2.32. The number of carbonyl (C=O) groups is 1. The van der Waals surface area contributed by atoms with E-state index in [4.69, 9.17) is 4.74 Å². The number of benzene rings is 1. The summed E-state index contributed by atoms with van der Waals surface area (Å²) in [5.74, 6) is 1.27. The highest BCUT2D eigenvalue weighted by atomic mass is 32.2. The summed E-state index contributed by atoms with van der Waals surface area (Å²) in [5.41, 5.74) is 0.775. The molecular weight excluding hydrogens is 364 g/mol. The van der Waals surface area contributed by atoms with Gasteiger partial charge in [0.2, 0.25) is 10.0 Å². The van der Waals surface area contributed by atoms with Gasteiger partial charge in [-0.1, -0.05) is 0 Å². The third kappa shape index (κ3) is 5.77. The topological polar surface area (TPSA) is 75.7 Å². The van der Waals surface area contributed by atoms with Crippen LogP contribution in [0.25, 0.3) is 0 Å². The second-order valence-corrected chi connectivity index (χ2v) is 10.1. The van der Waals surface area contributed by atoms with Crippen molar-refractivity contribution in [1.82, 2.24) is 9.62 Å². The molecule has 1 aliphatic carbocycles. The lowest BCUT2D eigenvalue weighted by Gasteiger charge is -2.18. The molecule has 27 heavy (non-hydrogen) atoms. The normalized spacial score (nSPS) is 20.9. The number of nitrogens with one attached hydrogen (secondary N) is 1. The smallest absolute Gasteiger partial charge is 0.214 e. The maximum Gasteiger partial charge on any atom is 0.214 e. The molecule has 0 radical (unpaired) electrons. The van der Waals surface area contributed by atoms with Crippen LogP contribution in [0.4, 0.5) is 0 Å². The number of ketones is 1. The number of likely N-dealkylation sites (tertiary alicyclic amines) is 1. The van der Waals surface area contributed by atoms with E-state index in [0.717, 1.165) is 56.6 Å². The van der Waals surface area contributed by atoms with Crippen molar-refractivity contribution >= 4 is 15.8 Å². The molecule has 150 valence electrons. The molecule has 1 aliphatic heterocycles. The SMILES string of the molecule is CC(C)S(=O)(=O)N[C@@H]1CCN(CCCOc2ccc(C(=O)C3CC3)cc2)C1. The van der Waals surface area contributed by atoms with Crippen molar-refractivity contribution in [3.05, 3.63) is 29.8 Å². The monoisotopic (exact) mass is 394 g/mol. The van der Waals surface area contributed by atoms with Gasteiger partial charge in [0.25, 0.3) is 0 Å². The van der Waals surface area contributed by atoms with Crippen LogP contribution in [0.5, 0.6) is 5.75 Å². The Morgan fingerprint density at radius 1 is 1.22 bits per heavy atom. The summed E-state index contributed by atoms with van der Waals surface area (Å²) < 4.78 is 32.5. The minimum atomic E-state index is -3.20. The number of Topliss-reactive ketones (excluding diaryl/α,β-unsaturated/α-hetero) is 1. The largest absolute Gasteiger partial charge is 0.494 e. The molecule has 6 nitrogen and oxygen atoms in total. The van der Waals surface area contributed by atoms with Gasteiger partial charge in [-0.05, 0) is 70.3 Å². The van der Waals surface area contributed by atoms with Crippen molar-refractivity contribution in [2.24, 2.45) is 5.92 Å². The molecule has 2 fully saturated rings. The summed E-state index contributed by atoms with van der Waals surface area (Å²) in [6.45, 7) is 6.54. The zero-order valence-corrected chi connectivity index (χ0v) is 17.0. The van der Waals surface area contributed by atoms with Gasteiger partial charge in [-0.2, -0.15) is 0 Å². The van der Waals surface area contributed by atoms with Gasteiger partial charge in [-0.3, -0.25) is 4.79 Å². The zero-order chi connectivity index (χ0) is 19.4. The van der Waals surface area contributed by atoms with E-state index in [9.17, 15) is 13.2 Å². The molecule has 0 aromatic heterocycles. The average molecular weight is 395 g/mol. The number of hydrogen-bond acceptors (Lipinski definition) is 5. The Kier molecular flexibility index (Phi) is 6.55. The average Bonchev–Trinajstić information content (AvgIpc) is 3.39. The van der Waals surface area contributed by atoms with Crippen LogP contribution >= 0.6 is 0 Å². The molecule has 1 atom stereocenters. The predicted molar refractivity (Wildman–Crippen MR) is 106 cm³/mol. The minimum absolute atomic E-state index is 0.00914. The van der Waals surface area contributed by atoms with Crippen LogP contribution in [0.2, 0.25) is 0 Å². The summed E-state index contributed by atoms with van der Waals surface area (Å²) in [7, 11) is -3.20. The van der Waals surface area contributed by atoms with Crippen LogP contribution in [0.1, 0.15) is 49.9 Å². The van der Waals surface area contributed by atoms with Gasteiger partial charge in [-0.25, -0.2) is 13.1 Å². The summed E-state index contributed by atoms with van der Waals surface area (Å²) in [5, 5.41) is -0.397. The number of sulfonamides is 1. The second kappa shape index (κ2) is 8.71. The Hall–Kier alpha value is -1.44. The number of ether oxygens (including phenoxy) is 1. The lowest BCUT2D eigenvalue weighted by molar-refractivity contribution is 0.0967. The van der Waals surface area contributed by atoms with Gasteiger partial charge in [0.15, 0.2) is 5.78 Å². The first-order valence-corrected chi connectivity index (χ1v) is 11.4. The van der Waals surface area contributed by atoms with Crippen molar-refractivity contribution in [3.8, 4) is 5.75 Å². The van der Waals surface area contributed by atoms with Crippen LogP contribution in [0.3, 0.4) is 0 Å². The molecule has 1 saturated heterocycles. The standard InChI is InChI=1S/C20H30N2O4S/c1-15(2)27(24,25)21-18-10-12-22(14-18)11-3-13-26-19-8-6-17(7-9-19)20(23)16-4-5-16/h6-9,15-16,18,21H,3-5,10-14H2,1-2H3/t18-/m1/s1. The molecule has 0 amide bonds. The van der Waals surface area contributed by atoms with Crippen LogP contribution in [0, 0.1) is 5.92 Å². The Bertz CT molecular complexity index is 742. The summed E-state index contributed by atoms with van der Waals surface area (Å²) in [6.07, 6.45) is 3.77. The molecule has 0 spiro atoms. The van der Waals surface area contributed by atoms with E-state index in [-0.39, 0.29) is 17.7 Å². The Labute approximate surface area is 162 Å². The number of hydrogen-bond donors (Lipinski definition) is 1. The molecule has 2 aliphatic rings. The highest BCUT2D eigenvalue weighted by Gasteiger charge is 2.30. The summed E-state index contributed by atoms with van der Waals surface area (Å²) in [4.78, 5) is 14.3. The zero-order valence-electron chi connectivity index (χ0n) is 16.2. The van der Waals surface area contributed by atoms with Crippen LogP contribution in [0.15, 0.2) is 24.3 Å². The third-order valence-electron chi connectivity index (χ3n) is 5.20. The number of carbonyl (C=O) groups excluding carboxylic acids is 1. The summed E-state index contributed by atoms with van der Waals surface area (Å²) >= 11 is 0. The molecule has 0 unspecified atom stereocenters. The molecule has 3 rings (SSSR count). The lowest BCUT2D eigenvalue weighted by Crippen LogP contribution is -2.40. The Balaban J connectivity index is 1.34. The second-order valence-electron chi connectivity index (χ2n) is 7.86. The van der Waals surface area contributed by atoms with E-state index in [0.29, 0.717) is 6.61 Å². The van der Waals surface area contributed by atoms with Gasteiger partial charge < -0.3 is 9.64 Å². The van der Waals surface area contributed by atoms with Gasteiger partial charge in [-0.15, -0.1) is 0 Å². The van der Waals surface area contributed by atoms with E-state index in [2.05, 4.69) is 9.62 Å². The predicted octanol–water partition coefficient (Wildman–Crippen LogP) is 2.45. The van der Waals surface area contributed by atoms with E-state index in [1.807, 2.05) is 24.3 Å². The number of nitrogens with zero attached hydrogens (tertiary/aromatic N) is 1. The fourth-order valence-corrected chi connectivity index (χ4v) is 4.20. The first kappa shape index (κ1) is 20.3. The maximum absolute atomic E-state index is 12.0. The first-order chi connectivity index (χ1) is 12.8. The first-order valence-electron chi connectivity index (χ1n) is 9.86. The molecule has 1 aromatic rings. The van der Waals surface area contributed by atoms with Crippen LogP contribution in [-0.2, 0) is 10.0 Å². The van der Waals surface area contributed by atoms with E-state index in [1.54, 1.807) is 13.8 Å². The minimum Gasteiger partial charge on any atom is -0.494 e. The third-order valence-corrected chi connectivity index (χ3v) is 7.10. The number of rotatable bonds is 10. The fraction of sp³-hybridized carbons (Fsp3) is 0.650. The molecular formula is C20H30N2O4S. The lowest BCUT2D eigenvalue weighted by atomic mass is 10.1. The molecule has 0 bridgehead atoms. The van der Waals surface area contributed by atoms with Crippen molar-refractivity contribution in [2.75, 3.05) is 26.2 Å². The van der Waals surface area contributed by atoms with E-state index >= 15 is 0 Å².